The molecule has 0 atom stereocenters. The molecular weight excluding hydrogens is 498 g/mol. The third-order valence-electron chi connectivity index (χ3n) is 5.69. The minimum atomic E-state index is -0.0114. The Kier molecular flexibility index (Phi) is 7.38. The predicted octanol–water partition coefficient (Wildman–Crippen LogP) is 5.92. The van der Waals surface area contributed by atoms with E-state index in [-0.39, 0.29) is 18.2 Å². The first-order chi connectivity index (χ1) is 16.4. The second-order valence-corrected chi connectivity index (χ2v) is 9.02. The van der Waals surface area contributed by atoms with E-state index in [4.69, 9.17) is 19.2 Å². The summed E-state index contributed by atoms with van der Waals surface area (Å²) in [5.41, 5.74) is 4.76. The molecule has 0 aliphatic carbocycles. The van der Waals surface area contributed by atoms with Crippen LogP contribution in [0.25, 0.3) is 22.4 Å². The van der Waals surface area contributed by atoms with Gasteiger partial charge in [0, 0.05) is 31.0 Å². The minimum absolute atomic E-state index is 0.0114. The fourth-order valence-electron chi connectivity index (χ4n) is 3.84. The number of pyridine rings is 1. The largest absolute Gasteiger partial charge is 0.503 e. The molecule has 0 aliphatic rings. The highest BCUT2D eigenvalue weighted by Crippen LogP contribution is 2.38. The number of benzene rings is 2. The van der Waals surface area contributed by atoms with Crippen LogP contribution in [0.2, 0.25) is 0 Å². The van der Waals surface area contributed by atoms with Gasteiger partial charge in [0.05, 0.1) is 18.2 Å². The van der Waals surface area contributed by atoms with Gasteiger partial charge in [-0.05, 0) is 45.6 Å². The zero-order valence-electron chi connectivity index (χ0n) is 19.7. The Morgan fingerprint density at radius 1 is 1.12 bits per heavy atom. The van der Waals surface area contributed by atoms with Crippen LogP contribution in [0.3, 0.4) is 0 Å². The van der Waals surface area contributed by atoms with Crippen LogP contribution in [0.1, 0.15) is 30.9 Å². The molecule has 34 heavy (non-hydrogen) atoms. The van der Waals surface area contributed by atoms with Crippen LogP contribution in [-0.4, -0.2) is 40.5 Å². The fourth-order valence-corrected chi connectivity index (χ4v) is 4.34. The lowest BCUT2D eigenvalue weighted by Gasteiger charge is -2.14. The Labute approximate surface area is 207 Å². The van der Waals surface area contributed by atoms with E-state index >= 15 is 0 Å². The van der Waals surface area contributed by atoms with Gasteiger partial charge in [0.15, 0.2) is 5.75 Å². The van der Waals surface area contributed by atoms with Gasteiger partial charge in [-0.2, -0.15) is 0 Å². The number of hydrogen-bond donors (Lipinski definition) is 1. The number of fused-ring (bicyclic) bond motifs is 1. The summed E-state index contributed by atoms with van der Waals surface area (Å²) in [6.45, 7) is 5.70. The van der Waals surface area contributed by atoms with Crippen LogP contribution in [0.5, 0.6) is 17.4 Å². The molecule has 0 spiro atoms. The monoisotopic (exact) mass is 525 g/mol. The second kappa shape index (κ2) is 10.4. The molecule has 0 radical (unpaired) electrons. The summed E-state index contributed by atoms with van der Waals surface area (Å²) < 4.78 is 19.9. The Morgan fingerprint density at radius 2 is 1.88 bits per heavy atom. The number of aromatic nitrogens is 3. The van der Waals surface area contributed by atoms with Crippen molar-refractivity contribution < 1.29 is 19.3 Å². The number of imidazole rings is 1. The van der Waals surface area contributed by atoms with Gasteiger partial charge in [0.1, 0.15) is 29.2 Å². The molecule has 7 nitrogen and oxygen atoms in total. The number of nitrogens with zero attached hydrogens (tertiary/aromatic N) is 3. The third-order valence-corrected chi connectivity index (χ3v) is 6.57. The highest BCUT2D eigenvalue weighted by molar-refractivity contribution is 9.10. The number of hydrogen-bond acceptors (Lipinski definition) is 6. The molecule has 1 N–H and O–H groups in total. The number of rotatable bonds is 9. The van der Waals surface area contributed by atoms with Crippen molar-refractivity contribution in [2.75, 3.05) is 20.8 Å². The summed E-state index contributed by atoms with van der Waals surface area (Å²) in [5, 5.41) is 9.98. The molecule has 2 aromatic carbocycles. The highest BCUT2D eigenvalue weighted by Gasteiger charge is 2.22. The van der Waals surface area contributed by atoms with E-state index in [1.807, 2.05) is 6.07 Å². The zero-order chi connectivity index (χ0) is 24.2. The maximum absolute atomic E-state index is 9.98. The first-order valence-corrected chi connectivity index (χ1v) is 11.9. The van der Waals surface area contributed by atoms with Crippen LogP contribution in [0, 0.1) is 0 Å². The number of methoxy groups -OCH3 is 2. The van der Waals surface area contributed by atoms with Crippen LogP contribution in [0.15, 0.2) is 53.1 Å². The van der Waals surface area contributed by atoms with Crippen molar-refractivity contribution in [3.8, 4) is 28.8 Å². The smallest absolute Gasteiger partial charge is 0.257 e. The van der Waals surface area contributed by atoms with Crippen molar-refractivity contribution in [2.24, 2.45) is 0 Å². The Morgan fingerprint density at radius 3 is 2.53 bits per heavy atom. The van der Waals surface area contributed by atoms with Crippen molar-refractivity contribution in [3.05, 3.63) is 64.3 Å². The average Bonchev–Trinajstić information content (AvgIpc) is 3.23. The molecule has 0 saturated carbocycles. The second-order valence-electron chi connectivity index (χ2n) is 8.22. The van der Waals surface area contributed by atoms with Crippen molar-refractivity contribution in [2.45, 2.75) is 32.9 Å². The zero-order valence-corrected chi connectivity index (χ0v) is 21.3. The van der Waals surface area contributed by atoms with Crippen molar-refractivity contribution in [3.63, 3.8) is 0 Å². The SMILES string of the molecule is COCCn1c(-c2ccc(C(C)C)cc2)nc2c(Br)c(COc3ncccc3O)cc(OC)c21. The van der Waals surface area contributed by atoms with Gasteiger partial charge in [-0.1, -0.05) is 38.1 Å². The van der Waals surface area contributed by atoms with E-state index in [2.05, 4.69) is 63.6 Å². The van der Waals surface area contributed by atoms with E-state index < -0.39 is 0 Å². The standard InChI is InChI=1S/C26H28BrN3O4/c1-16(2)17-7-9-18(10-8-17)25-29-23-22(27)19(15-34-26-20(31)6-5-11-28-26)14-21(33-4)24(23)30(25)12-13-32-3/h5-11,14,16,31H,12-13,15H2,1-4H3. The van der Waals surface area contributed by atoms with E-state index in [1.165, 1.54) is 11.6 Å². The molecule has 0 amide bonds. The lowest BCUT2D eigenvalue weighted by Crippen LogP contribution is -2.07. The normalized spacial score (nSPS) is 11.4. The molecule has 4 rings (SSSR count). The van der Waals surface area contributed by atoms with E-state index in [0.717, 1.165) is 32.5 Å². The minimum Gasteiger partial charge on any atom is -0.503 e. The van der Waals surface area contributed by atoms with Gasteiger partial charge in [-0.15, -0.1) is 0 Å². The topological polar surface area (TPSA) is 78.6 Å². The summed E-state index contributed by atoms with van der Waals surface area (Å²) in [7, 11) is 3.33. The van der Waals surface area contributed by atoms with Crippen LogP contribution < -0.4 is 9.47 Å². The van der Waals surface area contributed by atoms with Crippen molar-refractivity contribution in [1.29, 1.82) is 0 Å². The number of ether oxygens (including phenoxy) is 3. The number of halogens is 1. The van der Waals surface area contributed by atoms with E-state index in [0.29, 0.717) is 24.8 Å². The summed E-state index contributed by atoms with van der Waals surface area (Å²) >= 11 is 3.73. The van der Waals surface area contributed by atoms with Gasteiger partial charge < -0.3 is 23.9 Å². The van der Waals surface area contributed by atoms with E-state index in [1.54, 1.807) is 26.5 Å². The Bertz CT molecular complexity index is 1290. The highest BCUT2D eigenvalue weighted by atomic mass is 79.9. The third kappa shape index (κ3) is 4.74. The van der Waals surface area contributed by atoms with Gasteiger partial charge in [-0.3, -0.25) is 0 Å². The van der Waals surface area contributed by atoms with Crippen LogP contribution in [-0.2, 0) is 17.9 Å². The molecular formula is C26H28BrN3O4. The van der Waals surface area contributed by atoms with Gasteiger partial charge in [0.25, 0.3) is 5.88 Å². The Balaban J connectivity index is 1.81. The maximum atomic E-state index is 9.98. The molecule has 2 aromatic heterocycles. The molecule has 0 fully saturated rings. The molecule has 0 unspecified atom stereocenters. The molecule has 0 saturated heterocycles. The van der Waals surface area contributed by atoms with Gasteiger partial charge in [0.2, 0.25) is 0 Å². The summed E-state index contributed by atoms with van der Waals surface area (Å²) in [4.78, 5) is 9.10. The van der Waals surface area contributed by atoms with Gasteiger partial charge >= 0.3 is 0 Å². The molecule has 4 aromatic rings. The Hall–Kier alpha value is -3.10. The number of aromatic hydroxyl groups is 1. The van der Waals surface area contributed by atoms with Crippen LogP contribution >= 0.6 is 15.9 Å². The maximum Gasteiger partial charge on any atom is 0.257 e. The predicted molar refractivity (Wildman–Crippen MR) is 136 cm³/mol. The molecule has 0 aliphatic heterocycles. The first-order valence-electron chi connectivity index (χ1n) is 11.1. The fraction of sp³-hybridized carbons (Fsp3) is 0.308. The molecule has 0 bridgehead atoms. The van der Waals surface area contributed by atoms with Crippen LogP contribution in [0.4, 0.5) is 0 Å². The average molecular weight is 526 g/mol. The summed E-state index contributed by atoms with van der Waals surface area (Å²) in [5.74, 6) is 2.13. The quantitative estimate of drug-likeness (QED) is 0.292. The van der Waals surface area contributed by atoms with E-state index in [9.17, 15) is 5.11 Å². The van der Waals surface area contributed by atoms with Gasteiger partial charge in [-0.25, -0.2) is 9.97 Å². The first kappa shape index (κ1) is 24.0. The summed E-state index contributed by atoms with van der Waals surface area (Å²) in [6.07, 6.45) is 1.57. The lowest BCUT2D eigenvalue weighted by molar-refractivity contribution is 0.188. The molecule has 8 heteroatoms. The molecule has 2 heterocycles. The van der Waals surface area contributed by atoms with Crippen molar-refractivity contribution >= 4 is 27.0 Å². The van der Waals surface area contributed by atoms with Crippen molar-refractivity contribution in [1.82, 2.24) is 14.5 Å². The summed E-state index contributed by atoms with van der Waals surface area (Å²) in [6, 6.07) is 13.6. The molecule has 178 valence electrons. The lowest BCUT2D eigenvalue weighted by atomic mass is 10.0.